The second kappa shape index (κ2) is 10.0. The first-order chi connectivity index (χ1) is 13.6. The molecule has 2 heterocycles. The van der Waals surface area contributed by atoms with E-state index in [0.717, 1.165) is 50.9 Å². The number of likely N-dealkylation sites (tertiary alicyclic amines) is 1. The predicted molar refractivity (Wildman–Crippen MR) is 111 cm³/mol. The van der Waals surface area contributed by atoms with Gasteiger partial charge in [0.2, 0.25) is 0 Å². The molecule has 1 saturated heterocycles. The van der Waals surface area contributed by atoms with E-state index < -0.39 is 5.60 Å². The number of thiophene rings is 1. The summed E-state index contributed by atoms with van der Waals surface area (Å²) in [5.74, 6) is 0.311. The summed E-state index contributed by atoms with van der Waals surface area (Å²) < 4.78 is 11.0. The van der Waals surface area contributed by atoms with Gasteiger partial charge in [-0.15, -0.1) is 11.3 Å². The van der Waals surface area contributed by atoms with E-state index >= 15 is 0 Å². The molecule has 2 aromatic rings. The highest BCUT2D eigenvalue weighted by Gasteiger charge is 2.33. The molecule has 0 radical (unpaired) electrons. The molecule has 0 aliphatic carbocycles. The van der Waals surface area contributed by atoms with Crippen molar-refractivity contribution in [3.8, 4) is 5.75 Å². The lowest BCUT2D eigenvalue weighted by Gasteiger charge is -2.38. The lowest BCUT2D eigenvalue weighted by atomic mass is 9.84. The molecule has 1 fully saturated rings. The fraction of sp³-hybridized carbons (Fsp3) is 0.500. The lowest BCUT2D eigenvalue weighted by molar-refractivity contribution is -0.0264. The lowest BCUT2D eigenvalue weighted by Crippen LogP contribution is -2.43. The molecule has 1 aliphatic rings. The van der Waals surface area contributed by atoms with E-state index in [4.69, 9.17) is 9.47 Å². The molecule has 1 aromatic heterocycles. The maximum absolute atomic E-state index is 12.0. The van der Waals surface area contributed by atoms with Gasteiger partial charge in [-0.05, 0) is 42.7 Å². The third kappa shape index (κ3) is 5.34. The average Bonchev–Trinajstić information content (AvgIpc) is 3.20. The van der Waals surface area contributed by atoms with Crippen molar-refractivity contribution in [2.24, 2.45) is 0 Å². The Kier molecular flexibility index (Phi) is 7.48. The van der Waals surface area contributed by atoms with E-state index in [1.807, 2.05) is 48.7 Å². The van der Waals surface area contributed by atoms with Crippen molar-refractivity contribution in [1.82, 2.24) is 4.90 Å². The number of piperidine rings is 1. The summed E-state index contributed by atoms with van der Waals surface area (Å²) >= 11 is 1.35. The summed E-state index contributed by atoms with van der Waals surface area (Å²) in [5.41, 5.74) is 0.302. The number of carbonyl (C=O) groups is 1. The Bertz CT molecular complexity index is 738. The van der Waals surface area contributed by atoms with E-state index in [0.29, 0.717) is 23.8 Å². The second-order valence-electron chi connectivity index (χ2n) is 7.19. The Morgan fingerprint density at radius 3 is 2.64 bits per heavy atom. The normalized spacial score (nSPS) is 16.6. The molecule has 1 aliphatic heterocycles. The largest absolute Gasteiger partial charge is 0.492 e. The molecule has 0 amide bonds. The molecule has 1 aromatic carbocycles. The van der Waals surface area contributed by atoms with Gasteiger partial charge in [-0.2, -0.15) is 0 Å². The number of hydrogen-bond donors (Lipinski definition) is 1. The number of hydrogen-bond acceptors (Lipinski definition) is 6. The average molecular weight is 404 g/mol. The van der Waals surface area contributed by atoms with Crippen LogP contribution in [0.2, 0.25) is 0 Å². The van der Waals surface area contributed by atoms with Gasteiger partial charge in [0, 0.05) is 19.6 Å². The molecule has 0 saturated carbocycles. The van der Waals surface area contributed by atoms with E-state index in [2.05, 4.69) is 4.90 Å². The SMILES string of the molecule is CCCOC(=O)c1sccc1OCCCN1CCC(O)(c2ccccc2)CC1. The molecule has 0 unspecified atom stereocenters. The Hall–Kier alpha value is -1.89. The zero-order valence-electron chi connectivity index (χ0n) is 16.4. The Morgan fingerprint density at radius 2 is 1.93 bits per heavy atom. The summed E-state index contributed by atoms with van der Waals surface area (Å²) in [6.45, 7) is 5.63. The Labute approximate surface area is 170 Å². The van der Waals surface area contributed by atoms with Crippen molar-refractivity contribution >= 4 is 17.3 Å². The van der Waals surface area contributed by atoms with Gasteiger partial charge >= 0.3 is 5.97 Å². The van der Waals surface area contributed by atoms with Crippen LogP contribution in [0.3, 0.4) is 0 Å². The van der Waals surface area contributed by atoms with Crippen LogP contribution in [0.4, 0.5) is 0 Å². The molecule has 1 N–H and O–H groups in total. The first kappa shape index (κ1) is 20.8. The zero-order valence-corrected chi connectivity index (χ0v) is 17.2. The fourth-order valence-electron chi connectivity index (χ4n) is 3.47. The minimum atomic E-state index is -0.710. The highest BCUT2D eigenvalue weighted by atomic mass is 32.1. The molecular weight excluding hydrogens is 374 g/mol. The van der Waals surface area contributed by atoms with Gasteiger partial charge < -0.3 is 19.5 Å². The fourth-order valence-corrected chi connectivity index (χ4v) is 4.20. The van der Waals surface area contributed by atoms with Crippen LogP contribution in [0.1, 0.15) is 47.8 Å². The minimum Gasteiger partial charge on any atom is -0.492 e. The Morgan fingerprint density at radius 1 is 1.18 bits per heavy atom. The number of aliphatic hydroxyl groups is 1. The van der Waals surface area contributed by atoms with Gasteiger partial charge in [-0.1, -0.05) is 37.3 Å². The number of esters is 1. The molecule has 3 rings (SSSR count). The standard InChI is InChI=1S/C22H29NO4S/c1-2-15-27-21(24)20-19(9-17-28-20)26-16-6-12-23-13-10-22(25,11-14-23)18-7-4-3-5-8-18/h3-5,7-9,17,25H,2,6,10-16H2,1H3. The van der Waals surface area contributed by atoms with Crippen molar-refractivity contribution in [2.45, 2.75) is 38.2 Å². The Balaban J connectivity index is 1.39. The van der Waals surface area contributed by atoms with Crippen molar-refractivity contribution in [2.75, 3.05) is 32.8 Å². The summed E-state index contributed by atoms with van der Waals surface area (Å²) in [7, 11) is 0. The highest BCUT2D eigenvalue weighted by molar-refractivity contribution is 7.12. The topological polar surface area (TPSA) is 59.0 Å². The van der Waals surface area contributed by atoms with Gasteiger partial charge in [0.25, 0.3) is 0 Å². The molecule has 6 heteroatoms. The molecule has 152 valence electrons. The molecule has 0 spiro atoms. The molecular formula is C22H29NO4S. The number of nitrogens with zero attached hydrogens (tertiary/aromatic N) is 1. The van der Waals surface area contributed by atoms with Gasteiger partial charge in [0.1, 0.15) is 5.75 Å². The molecule has 28 heavy (non-hydrogen) atoms. The van der Waals surface area contributed by atoms with Crippen molar-refractivity contribution < 1.29 is 19.4 Å². The second-order valence-corrected chi connectivity index (χ2v) is 8.11. The van der Waals surface area contributed by atoms with Crippen LogP contribution in [0.25, 0.3) is 0 Å². The van der Waals surface area contributed by atoms with Crippen LogP contribution in [0.15, 0.2) is 41.8 Å². The van der Waals surface area contributed by atoms with Crippen LogP contribution in [0.5, 0.6) is 5.75 Å². The van der Waals surface area contributed by atoms with E-state index in [9.17, 15) is 9.90 Å². The van der Waals surface area contributed by atoms with E-state index in [1.165, 1.54) is 11.3 Å². The van der Waals surface area contributed by atoms with Crippen molar-refractivity contribution in [1.29, 1.82) is 0 Å². The first-order valence-corrected chi connectivity index (χ1v) is 10.9. The van der Waals surface area contributed by atoms with Crippen LogP contribution in [-0.2, 0) is 10.3 Å². The van der Waals surface area contributed by atoms with Gasteiger partial charge in [0.15, 0.2) is 4.88 Å². The molecule has 0 atom stereocenters. The predicted octanol–water partition coefficient (Wildman–Crippen LogP) is 4.07. The first-order valence-electron chi connectivity index (χ1n) is 10.00. The summed E-state index contributed by atoms with van der Waals surface area (Å²) in [6.07, 6.45) is 3.18. The quantitative estimate of drug-likeness (QED) is 0.505. The van der Waals surface area contributed by atoms with Gasteiger partial charge in [0.05, 0.1) is 18.8 Å². The summed E-state index contributed by atoms with van der Waals surface area (Å²) in [4.78, 5) is 14.9. The van der Waals surface area contributed by atoms with Crippen molar-refractivity contribution in [3.63, 3.8) is 0 Å². The smallest absolute Gasteiger partial charge is 0.352 e. The van der Waals surface area contributed by atoms with Gasteiger partial charge in [-0.25, -0.2) is 4.79 Å². The van der Waals surface area contributed by atoms with Gasteiger partial charge in [-0.3, -0.25) is 0 Å². The summed E-state index contributed by atoms with van der Waals surface area (Å²) in [6, 6.07) is 11.8. The summed E-state index contributed by atoms with van der Waals surface area (Å²) in [5, 5.41) is 12.8. The number of carbonyl (C=O) groups excluding carboxylic acids is 1. The maximum Gasteiger partial charge on any atom is 0.352 e. The number of rotatable bonds is 9. The maximum atomic E-state index is 12.0. The molecule has 0 bridgehead atoms. The van der Waals surface area contributed by atoms with Crippen LogP contribution in [0, 0.1) is 0 Å². The third-order valence-corrected chi connectivity index (χ3v) is 6.00. The van der Waals surface area contributed by atoms with Crippen LogP contribution < -0.4 is 4.74 Å². The monoisotopic (exact) mass is 403 g/mol. The van der Waals surface area contributed by atoms with Crippen molar-refractivity contribution in [3.05, 3.63) is 52.2 Å². The van der Waals surface area contributed by atoms with E-state index in [-0.39, 0.29) is 5.97 Å². The minimum absolute atomic E-state index is 0.303. The van der Waals surface area contributed by atoms with Crippen LogP contribution >= 0.6 is 11.3 Å². The highest BCUT2D eigenvalue weighted by Crippen LogP contribution is 2.32. The van der Waals surface area contributed by atoms with E-state index in [1.54, 1.807) is 0 Å². The zero-order chi connectivity index (χ0) is 19.8. The molecule has 5 nitrogen and oxygen atoms in total. The third-order valence-electron chi connectivity index (χ3n) is 5.12. The van der Waals surface area contributed by atoms with Crippen LogP contribution in [-0.4, -0.2) is 48.8 Å². The number of benzene rings is 1. The number of ether oxygens (including phenoxy) is 2.